The Morgan fingerprint density at radius 3 is 2.10 bits per heavy atom. The van der Waals surface area contributed by atoms with Gasteiger partial charge in [0, 0.05) is 37.8 Å². The maximum absolute atomic E-state index is 12.7. The molecule has 0 aromatic carbocycles. The van der Waals surface area contributed by atoms with Gasteiger partial charge in [0.2, 0.25) is 5.82 Å². The Morgan fingerprint density at radius 2 is 1.62 bits per heavy atom. The first kappa shape index (κ1) is 16.3. The lowest BCUT2D eigenvalue weighted by molar-refractivity contribution is -0.144. The number of hydrogen-bond acceptors (Lipinski definition) is 4. The van der Waals surface area contributed by atoms with Gasteiger partial charge in [-0.3, -0.25) is 4.90 Å². The second-order valence-electron chi connectivity index (χ2n) is 6.02. The normalized spacial score (nSPS) is 18.1. The van der Waals surface area contributed by atoms with Crippen molar-refractivity contribution in [1.29, 1.82) is 0 Å². The third kappa shape index (κ3) is 3.97. The molecule has 0 N–H and O–H groups in total. The highest BCUT2D eigenvalue weighted by Crippen LogP contribution is 2.29. The zero-order chi connectivity index (χ0) is 15.8. The summed E-state index contributed by atoms with van der Waals surface area (Å²) in [6, 6.07) is 1.38. The fourth-order valence-electron chi connectivity index (χ4n) is 2.30. The van der Waals surface area contributed by atoms with Gasteiger partial charge in [-0.2, -0.15) is 13.2 Å². The maximum atomic E-state index is 12.7. The predicted octanol–water partition coefficient (Wildman–Crippen LogP) is 3.07. The van der Waals surface area contributed by atoms with Gasteiger partial charge in [0.25, 0.3) is 0 Å². The fraction of sp³-hybridized carbons (Fsp3) is 0.692. The van der Waals surface area contributed by atoms with Crippen LogP contribution in [-0.4, -0.2) is 46.6 Å². The van der Waals surface area contributed by atoms with Crippen molar-refractivity contribution in [3.8, 4) is 0 Å². The van der Waals surface area contributed by atoms with Crippen LogP contribution < -0.4 is 4.90 Å². The van der Waals surface area contributed by atoms with E-state index < -0.39 is 12.0 Å². The molecule has 0 atom stereocenters. The van der Waals surface area contributed by atoms with Crippen molar-refractivity contribution >= 4 is 17.4 Å². The van der Waals surface area contributed by atoms with Crippen molar-refractivity contribution in [3.05, 3.63) is 17.0 Å². The van der Waals surface area contributed by atoms with Crippen LogP contribution in [0.5, 0.6) is 0 Å². The summed E-state index contributed by atoms with van der Waals surface area (Å²) >= 11 is 5.69. The average molecular weight is 323 g/mol. The first-order valence-corrected chi connectivity index (χ1v) is 7.07. The smallest absolute Gasteiger partial charge is 0.354 e. The van der Waals surface area contributed by atoms with E-state index in [0.717, 1.165) is 13.1 Å². The summed E-state index contributed by atoms with van der Waals surface area (Å²) in [5, 5.41) is -0.189. The van der Waals surface area contributed by atoms with Gasteiger partial charge in [-0.05, 0) is 20.8 Å². The van der Waals surface area contributed by atoms with E-state index in [0.29, 0.717) is 13.1 Å². The molecule has 1 aromatic heterocycles. The summed E-state index contributed by atoms with van der Waals surface area (Å²) in [6.45, 7) is 9.12. The number of hydrogen-bond donors (Lipinski definition) is 0. The van der Waals surface area contributed by atoms with Crippen LogP contribution in [-0.2, 0) is 6.18 Å². The lowest BCUT2D eigenvalue weighted by Gasteiger charge is -2.42. The summed E-state index contributed by atoms with van der Waals surface area (Å²) in [5.74, 6) is -0.959. The largest absolute Gasteiger partial charge is 0.451 e. The molecule has 0 aliphatic carbocycles. The quantitative estimate of drug-likeness (QED) is 0.744. The Hall–Kier alpha value is -1.08. The molecule has 1 aliphatic rings. The third-order valence-electron chi connectivity index (χ3n) is 3.49. The maximum Gasteiger partial charge on any atom is 0.451 e. The van der Waals surface area contributed by atoms with Gasteiger partial charge in [-0.25, -0.2) is 9.97 Å². The van der Waals surface area contributed by atoms with E-state index >= 15 is 0 Å². The van der Waals surface area contributed by atoms with Gasteiger partial charge >= 0.3 is 6.18 Å². The summed E-state index contributed by atoms with van der Waals surface area (Å²) in [5.41, 5.74) is 0.0482. The van der Waals surface area contributed by atoms with Crippen molar-refractivity contribution in [1.82, 2.24) is 14.9 Å². The fourth-order valence-corrected chi connectivity index (χ4v) is 2.48. The zero-order valence-electron chi connectivity index (χ0n) is 12.2. The van der Waals surface area contributed by atoms with Crippen LogP contribution in [0.3, 0.4) is 0 Å². The van der Waals surface area contributed by atoms with Crippen LogP contribution in [0.15, 0.2) is 6.07 Å². The van der Waals surface area contributed by atoms with Crippen LogP contribution in [0.1, 0.15) is 26.6 Å². The molecule has 0 saturated carbocycles. The Balaban J connectivity index is 2.16. The van der Waals surface area contributed by atoms with Crippen molar-refractivity contribution in [2.75, 3.05) is 31.1 Å². The number of aromatic nitrogens is 2. The second kappa shape index (κ2) is 5.61. The molecule has 0 spiro atoms. The Kier molecular flexibility index (Phi) is 4.35. The number of rotatable bonds is 1. The SMILES string of the molecule is CC(C)(C)N1CCN(c2cc(Cl)nc(C(F)(F)F)n2)CC1. The van der Waals surface area contributed by atoms with Crippen LogP contribution in [0.25, 0.3) is 0 Å². The molecule has 2 rings (SSSR count). The lowest BCUT2D eigenvalue weighted by atomic mass is 10.1. The molecule has 1 fully saturated rings. The minimum absolute atomic E-state index is 0.0482. The molecule has 4 nitrogen and oxygen atoms in total. The Labute approximate surface area is 126 Å². The van der Waals surface area contributed by atoms with Gasteiger partial charge in [0.15, 0.2) is 0 Å². The van der Waals surface area contributed by atoms with Crippen molar-refractivity contribution in [3.63, 3.8) is 0 Å². The van der Waals surface area contributed by atoms with Crippen molar-refractivity contribution in [2.24, 2.45) is 0 Å². The summed E-state index contributed by atoms with van der Waals surface area (Å²) in [6.07, 6.45) is -4.59. The summed E-state index contributed by atoms with van der Waals surface area (Å²) in [4.78, 5) is 10.9. The summed E-state index contributed by atoms with van der Waals surface area (Å²) < 4.78 is 38.2. The van der Waals surface area contributed by atoms with Crippen molar-refractivity contribution in [2.45, 2.75) is 32.5 Å². The van der Waals surface area contributed by atoms with E-state index in [4.69, 9.17) is 11.6 Å². The minimum atomic E-state index is -4.59. The molecule has 1 aromatic rings. The Bertz CT molecular complexity index is 505. The lowest BCUT2D eigenvalue weighted by Crippen LogP contribution is -2.53. The molecule has 8 heteroatoms. The molecule has 1 saturated heterocycles. The van der Waals surface area contributed by atoms with Gasteiger partial charge in [-0.1, -0.05) is 11.6 Å². The molecule has 0 amide bonds. The molecule has 118 valence electrons. The molecular formula is C13H18ClF3N4. The Morgan fingerprint density at radius 1 is 1.05 bits per heavy atom. The van der Waals surface area contributed by atoms with E-state index in [1.807, 2.05) is 4.90 Å². The molecule has 1 aliphatic heterocycles. The van der Waals surface area contributed by atoms with Gasteiger partial charge < -0.3 is 4.90 Å². The highest BCUT2D eigenvalue weighted by atomic mass is 35.5. The number of nitrogens with zero attached hydrogens (tertiary/aromatic N) is 4. The van der Waals surface area contributed by atoms with E-state index in [2.05, 4.69) is 35.6 Å². The van der Waals surface area contributed by atoms with Gasteiger partial charge in [0.05, 0.1) is 0 Å². The van der Waals surface area contributed by atoms with Gasteiger partial charge in [-0.15, -0.1) is 0 Å². The molecular weight excluding hydrogens is 305 g/mol. The summed E-state index contributed by atoms with van der Waals surface area (Å²) in [7, 11) is 0. The second-order valence-corrected chi connectivity index (χ2v) is 6.40. The van der Waals surface area contributed by atoms with Crippen LogP contribution >= 0.6 is 11.6 Å². The van der Waals surface area contributed by atoms with Crippen LogP contribution in [0.2, 0.25) is 5.15 Å². The first-order valence-electron chi connectivity index (χ1n) is 6.69. The van der Waals surface area contributed by atoms with E-state index in [-0.39, 0.29) is 16.5 Å². The number of piperazine rings is 1. The molecule has 2 heterocycles. The van der Waals surface area contributed by atoms with Crippen molar-refractivity contribution < 1.29 is 13.2 Å². The zero-order valence-corrected chi connectivity index (χ0v) is 13.0. The third-order valence-corrected chi connectivity index (χ3v) is 3.68. The predicted molar refractivity (Wildman–Crippen MR) is 75.6 cm³/mol. The molecule has 0 bridgehead atoms. The average Bonchev–Trinajstić information content (AvgIpc) is 2.36. The van der Waals surface area contributed by atoms with E-state index in [9.17, 15) is 13.2 Å². The molecule has 0 radical (unpaired) electrons. The minimum Gasteiger partial charge on any atom is -0.354 e. The topological polar surface area (TPSA) is 32.3 Å². The number of alkyl halides is 3. The number of anilines is 1. The van der Waals surface area contributed by atoms with Crippen LogP contribution in [0.4, 0.5) is 19.0 Å². The van der Waals surface area contributed by atoms with Crippen LogP contribution in [0, 0.1) is 0 Å². The molecule has 0 unspecified atom stereocenters. The molecule has 21 heavy (non-hydrogen) atoms. The standard InChI is InChI=1S/C13H18ClF3N4/c1-12(2,3)21-6-4-20(5-7-21)10-8-9(14)18-11(19-10)13(15,16)17/h8H,4-7H2,1-3H3. The van der Waals surface area contributed by atoms with E-state index in [1.165, 1.54) is 6.07 Å². The number of halogens is 4. The van der Waals surface area contributed by atoms with E-state index in [1.54, 1.807) is 0 Å². The monoisotopic (exact) mass is 322 g/mol. The highest BCUT2D eigenvalue weighted by Gasteiger charge is 2.36. The highest BCUT2D eigenvalue weighted by molar-refractivity contribution is 6.29. The first-order chi connectivity index (χ1) is 9.57. The van der Waals surface area contributed by atoms with Gasteiger partial charge in [0.1, 0.15) is 11.0 Å².